The molecule has 2 aliphatic heterocycles. The number of hydrogen-bond acceptors (Lipinski definition) is 10. The second-order valence-corrected chi connectivity index (χ2v) is 15.1. The van der Waals surface area contributed by atoms with E-state index in [2.05, 4.69) is 0 Å². The molecule has 0 spiro atoms. The van der Waals surface area contributed by atoms with Crippen molar-refractivity contribution in [2.24, 2.45) is 11.8 Å². The maximum absolute atomic E-state index is 13.4. The summed E-state index contributed by atoms with van der Waals surface area (Å²) in [5, 5.41) is 0. The zero-order valence-electron chi connectivity index (χ0n) is 29.4. The van der Waals surface area contributed by atoms with Crippen molar-refractivity contribution in [2.75, 3.05) is 19.6 Å². The van der Waals surface area contributed by atoms with Crippen molar-refractivity contribution in [1.82, 2.24) is 9.80 Å². The molecule has 0 N–H and O–H groups in total. The number of Topliss-reactive ketones (excluding diaryl/α,β-unsaturated/α-hetero) is 5. The molecule has 13 heteroatoms. The molecule has 2 aromatic carbocycles. The molecule has 2 fully saturated rings. The number of hydrogen-bond donors (Lipinski definition) is 0. The van der Waals surface area contributed by atoms with E-state index >= 15 is 0 Å². The molecular weight excluding hydrogens is 663 g/mol. The number of nitrogens with zero attached hydrogens (tertiary/aromatic N) is 2. The largest absolute Gasteiger partial charge is 0.444 e. The van der Waals surface area contributed by atoms with E-state index in [1.165, 1.54) is 34.1 Å². The minimum Gasteiger partial charge on any atom is -0.444 e. The maximum Gasteiger partial charge on any atom is 0.410 e. The fourth-order valence-electron chi connectivity index (χ4n) is 6.56. The Labute approximate surface area is 294 Å². The highest BCUT2D eigenvalue weighted by Crippen LogP contribution is 2.36. The summed E-state index contributed by atoms with van der Waals surface area (Å²) in [6.07, 6.45) is -0.311. The van der Waals surface area contributed by atoms with Crippen molar-refractivity contribution in [3.05, 3.63) is 58.7 Å². The molecule has 0 saturated carbocycles. The van der Waals surface area contributed by atoms with Gasteiger partial charge in [0.05, 0.1) is 12.6 Å². The second-order valence-electron chi connectivity index (χ2n) is 15.1. The van der Waals surface area contributed by atoms with Gasteiger partial charge in [-0.15, -0.1) is 0 Å². The van der Waals surface area contributed by atoms with Crippen LogP contribution in [0.2, 0.25) is 0 Å². The van der Waals surface area contributed by atoms with Crippen LogP contribution < -0.4 is 0 Å². The Kier molecular flexibility index (Phi) is 10.1. The molecular formula is C38H41FN2O10. The SMILES string of the molecule is CC(C)(C)OC(=O)N1CCC(F)C1.CC(C)(C)OC(=O)N1CCCC1C(=O)C1C(=O)c2ccc(-c3ccc4c(c3)C(=O)C(C=O)C4=O)cc2C1=O. The van der Waals surface area contributed by atoms with Crippen LogP contribution in [-0.4, -0.2) is 100 Å². The van der Waals surface area contributed by atoms with E-state index in [0.717, 1.165) is 0 Å². The first-order valence-electron chi connectivity index (χ1n) is 16.9. The number of alkyl halides is 1. The average molecular weight is 705 g/mol. The maximum atomic E-state index is 13.4. The summed E-state index contributed by atoms with van der Waals surface area (Å²) in [6.45, 7) is 11.5. The predicted octanol–water partition coefficient (Wildman–Crippen LogP) is 5.48. The molecule has 4 aliphatic rings. The number of rotatable bonds is 4. The summed E-state index contributed by atoms with van der Waals surface area (Å²) in [7, 11) is 0. The number of amides is 2. The molecule has 12 nitrogen and oxygen atoms in total. The standard InChI is InChI=1S/C29H25NO8.C9H16FNO2/c1-29(2,3)38-28(37)30-10-4-5-21(30)27(36)22-25(34)17-9-7-15(12-19(17)26(22)35)14-6-8-16-18(11-14)24(33)20(13-31)23(16)32;1-9(2,3)13-8(12)11-5-4-7(10)6-11/h6-9,11-13,20-22H,4-5,10H2,1-3H3;7H,4-6H2,1-3H3. The number of carbonyl (C=O) groups excluding carboxylic acids is 8. The number of likely N-dealkylation sites (tertiary alicyclic amines) is 2. The molecule has 270 valence electrons. The van der Waals surface area contributed by atoms with Gasteiger partial charge in [0.2, 0.25) is 0 Å². The van der Waals surface area contributed by atoms with E-state index in [1.807, 2.05) is 0 Å². The highest BCUT2D eigenvalue weighted by Gasteiger charge is 2.49. The predicted molar refractivity (Wildman–Crippen MR) is 181 cm³/mol. The van der Waals surface area contributed by atoms with Gasteiger partial charge in [-0.1, -0.05) is 24.3 Å². The van der Waals surface area contributed by atoms with Gasteiger partial charge < -0.3 is 19.2 Å². The van der Waals surface area contributed by atoms with Crippen LogP contribution in [0.3, 0.4) is 0 Å². The fraction of sp³-hybridized carbons (Fsp3) is 0.474. The number of ether oxygens (including phenoxy) is 2. The van der Waals surface area contributed by atoms with Gasteiger partial charge in [-0.25, -0.2) is 14.0 Å². The van der Waals surface area contributed by atoms with Gasteiger partial charge in [0.25, 0.3) is 0 Å². The molecule has 0 bridgehead atoms. The van der Waals surface area contributed by atoms with Gasteiger partial charge >= 0.3 is 12.2 Å². The molecule has 2 saturated heterocycles. The van der Waals surface area contributed by atoms with Crippen LogP contribution in [-0.2, 0) is 19.1 Å². The lowest BCUT2D eigenvalue weighted by Crippen LogP contribution is -2.47. The van der Waals surface area contributed by atoms with Crippen molar-refractivity contribution in [3.63, 3.8) is 0 Å². The first-order chi connectivity index (χ1) is 23.8. The van der Waals surface area contributed by atoms with Gasteiger partial charge in [-0.3, -0.25) is 28.9 Å². The van der Waals surface area contributed by atoms with Crippen molar-refractivity contribution < 1.29 is 52.2 Å². The molecule has 0 radical (unpaired) electrons. The van der Waals surface area contributed by atoms with E-state index in [0.29, 0.717) is 49.8 Å². The number of aldehydes is 1. The number of fused-ring (bicyclic) bond motifs is 2. The van der Waals surface area contributed by atoms with Gasteiger partial charge in [-0.05, 0) is 84.1 Å². The van der Waals surface area contributed by atoms with Gasteiger partial charge in [0.1, 0.15) is 35.5 Å². The Hall–Kier alpha value is -5.07. The third-order valence-electron chi connectivity index (χ3n) is 8.94. The normalized spacial score (nSPS) is 22.7. The molecule has 51 heavy (non-hydrogen) atoms. The van der Waals surface area contributed by atoms with Crippen LogP contribution >= 0.6 is 0 Å². The molecule has 4 unspecified atom stereocenters. The van der Waals surface area contributed by atoms with Crippen LogP contribution in [0.5, 0.6) is 0 Å². The molecule has 6 rings (SSSR count). The van der Waals surface area contributed by atoms with E-state index in [1.54, 1.807) is 53.7 Å². The van der Waals surface area contributed by atoms with Gasteiger partial charge in [0.15, 0.2) is 28.9 Å². The monoisotopic (exact) mass is 704 g/mol. The Bertz CT molecular complexity index is 1840. The van der Waals surface area contributed by atoms with Gasteiger partial charge in [0, 0.05) is 35.3 Å². The van der Waals surface area contributed by atoms with E-state index in [4.69, 9.17) is 9.47 Å². The molecule has 2 aliphatic carbocycles. The second kappa shape index (κ2) is 13.9. The van der Waals surface area contributed by atoms with Crippen LogP contribution in [0.1, 0.15) is 102 Å². The number of halogens is 1. The number of carbonyl (C=O) groups is 8. The minimum atomic E-state index is -1.54. The molecule has 2 amide bonds. The lowest BCUT2D eigenvalue weighted by atomic mass is 9.92. The minimum absolute atomic E-state index is 0.0846. The first kappa shape index (κ1) is 37.2. The third kappa shape index (κ3) is 7.67. The third-order valence-corrected chi connectivity index (χ3v) is 8.94. The number of ketones is 5. The van der Waals surface area contributed by atoms with Crippen LogP contribution in [0.4, 0.5) is 14.0 Å². The van der Waals surface area contributed by atoms with Crippen molar-refractivity contribution in [2.45, 2.75) is 84.2 Å². The summed E-state index contributed by atoms with van der Waals surface area (Å²) in [5.41, 5.74) is 0.263. The van der Waals surface area contributed by atoms with Crippen LogP contribution in [0.25, 0.3) is 11.1 Å². The zero-order valence-corrected chi connectivity index (χ0v) is 29.4. The fourth-order valence-corrected chi connectivity index (χ4v) is 6.56. The Balaban J connectivity index is 0.000000328. The van der Waals surface area contributed by atoms with Crippen LogP contribution in [0, 0.1) is 11.8 Å². The van der Waals surface area contributed by atoms with Crippen molar-refractivity contribution in [3.8, 4) is 11.1 Å². The van der Waals surface area contributed by atoms with E-state index < -0.39 is 76.4 Å². The van der Waals surface area contributed by atoms with E-state index in [-0.39, 0.29) is 28.8 Å². The molecule has 2 aromatic rings. The average Bonchev–Trinajstić information content (AvgIpc) is 3.81. The first-order valence-corrected chi connectivity index (χ1v) is 16.9. The van der Waals surface area contributed by atoms with Crippen molar-refractivity contribution in [1.29, 1.82) is 0 Å². The number of benzene rings is 2. The molecule has 0 aromatic heterocycles. The topological polar surface area (TPSA) is 161 Å². The zero-order chi connectivity index (χ0) is 37.6. The Morgan fingerprint density at radius 1 is 0.725 bits per heavy atom. The van der Waals surface area contributed by atoms with Crippen LogP contribution in [0.15, 0.2) is 36.4 Å². The highest BCUT2D eigenvalue weighted by atomic mass is 19.1. The Morgan fingerprint density at radius 3 is 1.76 bits per heavy atom. The lowest BCUT2D eigenvalue weighted by molar-refractivity contribution is -0.124. The van der Waals surface area contributed by atoms with Crippen molar-refractivity contribution >= 4 is 47.4 Å². The quantitative estimate of drug-likeness (QED) is 0.295. The molecule has 2 heterocycles. The summed E-state index contributed by atoms with van der Waals surface area (Å²) in [6, 6.07) is 8.17. The summed E-state index contributed by atoms with van der Waals surface area (Å²) in [4.78, 5) is 103. The lowest BCUT2D eigenvalue weighted by Gasteiger charge is -2.28. The van der Waals surface area contributed by atoms with E-state index in [9.17, 15) is 42.7 Å². The summed E-state index contributed by atoms with van der Waals surface area (Å²) in [5.74, 6) is -5.88. The molecule has 4 atom stereocenters. The van der Waals surface area contributed by atoms with Gasteiger partial charge in [-0.2, -0.15) is 0 Å². The highest BCUT2D eigenvalue weighted by molar-refractivity contribution is 6.36. The summed E-state index contributed by atoms with van der Waals surface area (Å²) < 4.78 is 23.2. The Morgan fingerprint density at radius 2 is 1.24 bits per heavy atom. The summed E-state index contributed by atoms with van der Waals surface area (Å²) >= 11 is 0. The smallest absolute Gasteiger partial charge is 0.410 e.